The van der Waals surface area contributed by atoms with Gasteiger partial charge in [-0.15, -0.1) is 0 Å². The standard InChI is InChI=1S/C12H14N4O3/c1-18-6-7-19-9-4-2-8(3-5-9)10-11(12(13)17)15-16-14-10/h2-5H,6-7H2,1H3,(H2,13,17)(H,14,15,16). The van der Waals surface area contributed by atoms with Crippen molar-refractivity contribution < 1.29 is 14.3 Å². The van der Waals surface area contributed by atoms with Gasteiger partial charge in [-0.05, 0) is 24.3 Å². The molecule has 7 nitrogen and oxygen atoms in total. The summed E-state index contributed by atoms with van der Waals surface area (Å²) in [6, 6.07) is 7.13. The van der Waals surface area contributed by atoms with Crippen LogP contribution in [-0.4, -0.2) is 41.6 Å². The van der Waals surface area contributed by atoms with Gasteiger partial charge in [0.15, 0.2) is 5.69 Å². The monoisotopic (exact) mass is 262 g/mol. The molecule has 0 spiro atoms. The maximum Gasteiger partial charge on any atom is 0.271 e. The number of aromatic amines is 1. The summed E-state index contributed by atoms with van der Waals surface area (Å²) < 4.78 is 10.3. The van der Waals surface area contributed by atoms with Gasteiger partial charge in [0, 0.05) is 12.7 Å². The Bertz CT molecular complexity index is 550. The number of methoxy groups -OCH3 is 1. The Morgan fingerprint density at radius 2 is 2.00 bits per heavy atom. The molecule has 0 unspecified atom stereocenters. The van der Waals surface area contributed by atoms with Gasteiger partial charge < -0.3 is 15.2 Å². The van der Waals surface area contributed by atoms with E-state index in [1.165, 1.54) is 0 Å². The van der Waals surface area contributed by atoms with Crippen LogP contribution in [0, 0.1) is 0 Å². The highest BCUT2D eigenvalue weighted by Crippen LogP contribution is 2.22. The van der Waals surface area contributed by atoms with Crippen molar-refractivity contribution in [2.45, 2.75) is 0 Å². The maximum absolute atomic E-state index is 11.2. The molecule has 7 heteroatoms. The third-order valence-corrected chi connectivity index (χ3v) is 2.47. The van der Waals surface area contributed by atoms with Gasteiger partial charge in [-0.25, -0.2) is 0 Å². The van der Waals surface area contributed by atoms with E-state index in [1.54, 1.807) is 31.4 Å². The summed E-state index contributed by atoms with van der Waals surface area (Å²) in [6.07, 6.45) is 0. The van der Waals surface area contributed by atoms with Gasteiger partial charge in [-0.3, -0.25) is 4.79 Å². The number of hydrogen-bond donors (Lipinski definition) is 2. The predicted octanol–water partition coefficient (Wildman–Crippen LogP) is 0.596. The van der Waals surface area contributed by atoms with Crippen LogP contribution in [0.1, 0.15) is 10.5 Å². The van der Waals surface area contributed by atoms with Gasteiger partial charge in [-0.1, -0.05) is 0 Å². The van der Waals surface area contributed by atoms with Crippen LogP contribution in [0.2, 0.25) is 0 Å². The van der Waals surface area contributed by atoms with E-state index < -0.39 is 5.91 Å². The van der Waals surface area contributed by atoms with Gasteiger partial charge in [-0.2, -0.15) is 15.4 Å². The zero-order chi connectivity index (χ0) is 13.7. The highest BCUT2D eigenvalue weighted by Gasteiger charge is 2.14. The predicted molar refractivity (Wildman–Crippen MR) is 67.7 cm³/mol. The number of hydrogen-bond acceptors (Lipinski definition) is 5. The van der Waals surface area contributed by atoms with E-state index >= 15 is 0 Å². The summed E-state index contributed by atoms with van der Waals surface area (Å²) in [5, 5.41) is 10.0. The van der Waals surface area contributed by atoms with Crippen molar-refractivity contribution in [1.82, 2.24) is 15.4 Å². The first-order valence-corrected chi connectivity index (χ1v) is 5.65. The number of nitrogens with one attached hydrogen (secondary N) is 1. The molecular weight excluding hydrogens is 248 g/mol. The lowest BCUT2D eigenvalue weighted by Gasteiger charge is -2.05. The van der Waals surface area contributed by atoms with Crippen molar-refractivity contribution in [2.24, 2.45) is 5.73 Å². The van der Waals surface area contributed by atoms with E-state index in [2.05, 4.69) is 15.4 Å². The zero-order valence-electron chi connectivity index (χ0n) is 10.4. The lowest BCUT2D eigenvalue weighted by molar-refractivity contribution is 0.0996. The van der Waals surface area contributed by atoms with Gasteiger partial charge in [0.1, 0.15) is 18.1 Å². The Morgan fingerprint density at radius 3 is 2.63 bits per heavy atom. The minimum atomic E-state index is -0.621. The molecule has 3 N–H and O–H groups in total. The van der Waals surface area contributed by atoms with Crippen molar-refractivity contribution in [1.29, 1.82) is 0 Å². The number of nitrogens with two attached hydrogens (primary N) is 1. The third kappa shape index (κ3) is 3.08. The quantitative estimate of drug-likeness (QED) is 0.742. The maximum atomic E-state index is 11.2. The number of H-pyrrole nitrogens is 1. The molecule has 1 aromatic carbocycles. The second-order valence-corrected chi connectivity index (χ2v) is 3.75. The van der Waals surface area contributed by atoms with Crippen molar-refractivity contribution in [3.8, 4) is 17.0 Å². The van der Waals surface area contributed by atoms with Crippen LogP contribution in [0.5, 0.6) is 5.75 Å². The second kappa shape index (κ2) is 5.96. The number of nitrogens with zero attached hydrogens (tertiary/aromatic N) is 2. The van der Waals surface area contributed by atoms with Gasteiger partial charge in [0.05, 0.1) is 6.61 Å². The lowest BCUT2D eigenvalue weighted by Crippen LogP contribution is -2.12. The van der Waals surface area contributed by atoms with E-state index in [-0.39, 0.29) is 5.69 Å². The first kappa shape index (κ1) is 13.0. The van der Waals surface area contributed by atoms with Gasteiger partial charge >= 0.3 is 0 Å². The normalized spacial score (nSPS) is 10.4. The number of rotatable bonds is 6. The number of carbonyl (C=O) groups is 1. The number of carbonyl (C=O) groups excluding carboxylic acids is 1. The van der Waals surface area contributed by atoms with Crippen LogP contribution in [-0.2, 0) is 4.74 Å². The van der Waals surface area contributed by atoms with Gasteiger partial charge in [0.25, 0.3) is 5.91 Å². The summed E-state index contributed by atoms with van der Waals surface area (Å²) in [7, 11) is 1.61. The largest absolute Gasteiger partial charge is 0.491 e. The molecule has 2 rings (SSSR count). The summed E-state index contributed by atoms with van der Waals surface area (Å²) in [5.74, 6) is 0.0918. The van der Waals surface area contributed by atoms with Crippen LogP contribution < -0.4 is 10.5 Å². The molecule has 0 bridgehead atoms. The fraction of sp³-hybridized carbons (Fsp3) is 0.250. The molecule has 0 aliphatic carbocycles. The third-order valence-electron chi connectivity index (χ3n) is 2.47. The van der Waals surface area contributed by atoms with E-state index in [0.29, 0.717) is 24.7 Å². The lowest BCUT2D eigenvalue weighted by atomic mass is 10.1. The first-order valence-electron chi connectivity index (χ1n) is 5.65. The number of amides is 1. The fourth-order valence-electron chi connectivity index (χ4n) is 1.56. The van der Waals surface area contributed by atoms with Crippen molar-refractivity contribution in [2.75, 3.05) is 20.3 Å². The summed E-state index contributed by atoms with van der Waals surface area (Å²) in [6.45, 7) is 1.00. The molecule has 0 aliphatic rings. The Balaban J connectivity index is 2.13. The molecule has 0 fully saturated rings. The molecule has 0 saturated heterocycles. The highest BCUT2D eigenvalue weighted by atomic mass is 16.5. The van der Waals surface area contributed by atoms with E-state index in [1.807, 2.05) is 0 Å². The Morgan fingerprint density at radius 1 is 1.26 bits per heavy atom. The van der Waals surface area contributed by atoms with Crippen LogP contribution >= 0.6 is 0 Å². The molecule has 0 atom stereocenters. The van der Waals surface area contributed by atoms with Crippen LogP contribution in [0.15, 0.2) is 24.3 Å². The smallest absolute Gasteiger partial charge is 0.271 e. The molecular formula is C12H14N4O3. The number of primary amides is 1. The van der Waals surface area contributed by atoms with Crippen molar-refractivity contribution in [3.63, 3.8) is 0 Å². The zero-order valence-corrected chi connectivity index (χ0v) is 10.4. The van der Waals surface area contributed by atoms with Crippen molar-refractivity contribution in [3.05, 3.63) is 30.0 Å². The molecule has 19 heavy (non-hydrogen) atoms. The second-order valence-electron chi connectivity index (χ2n) is 3.75. The van der Waals surface area contributed by atoms with E-state index in [0.717, 1.165) is 5.56 Å². The molecule has 1 amide bonds. The molecule has 2 aromatic rings. The number of aromatic nitrogens is 3. The minimum Gasteiger partial charge on any atom is -0.491 e. The molecule has 1 aromatic heterocycles. The van der Waals surface area contributed by atoms with Crippen LogP contribution in [0.25, 0.3) is 11.3 Å². The highest BCUT2D eigenvalue weighted by molar-refractivity contribution is 5.96. The van der Waals surface area contributed by atoms with E-state index in [4.69, 9.17) is 15.2 Å². The van der Waals surface area contributed by atoms with Gasteiger partial charge in [0.2, 0.25) is 0 Å². The SMILES string of the molecule is COCCOc1ccc(-c2n[nH]nc2C(N)=O)cc1. The van der Waals surface area contributed by atoms with Crippen LogP contribution in [0.3, 0.4) is 0 Å². The Hall–Kier alpha value is -2.41. The number of benzene rings is 1. The minimum absolute atomic E-state index is 0.119. The summed E-state index contributed by atoms with van der Waals surface area (Å²) >= 11 is 0. The molecule has 0 radical (unpaired) electrons. The van der Waals surface area contributed by atoms with E-state index in [9.17, 15) is 4.79 Å². The summed E-state index contributed by atoms with van der Waals surface area (Å²) in [5.41, 5.74) is 6.49. The summed E-state index contributed by atoms with van der Waals surface area (Å²) in [4.78, 5) is 11.2. The Labute approximate surface area is 109 Å². The molecule has 100 valence electrons. The molecule has 1 heterocycles. The average molecular weight is 262 g/mol. The van der Waals surface area contributed by atoms with Crippen molar-refractivity contribution >= 4 is 5.91 Å². The topological polar surface area (TPSA) is 103 Å². The average Bonchev–Trinajstić information content (AvgIpc) is 2.89. The first-order chi connectivity index (χ1) is 9.22. The molecule has 0 saturated carbocycles. The number of ether oxygens (including phenoxy) is 2. The Kier molecular flexibility index (Phi) is 4.09. The molecule has 0 aliphatic heterocycles. The van der Waals surface area contributed by atoms with Crippen LogP contribution in [0.4, 0.5) is 0 Å². The fourth-order valence-corrected chi connectivity index (χ4v) is 1.56.